The van der Waals surface area contributed by atoms with Crippen LogP contribution in [0.3, 0.4) is 0 Å². The standard InChI is InChI=1S/C11H13N3O2/c1-8-11(9(2)16-14-8)3-4-15-10-5-12-7-13-6-10/h5-7H,3-4H2,1-2H3. The first-order chi connectivity index (χ1) is 7.77. The third-order valence-electron chi connectivity index (χ3n) is 2.34. The van der Waals surface area contributed by atoms with Crippen LogP contribution in [0.1, 0.15) is 17.0 Å². The fourth-order valence-electron chi connectivity index (χ4n) is 1.49. The SMILES string of the molecule is Cc1noc(C)c1CCOc1cncnc1. The van der Waals surface area contributed by atoms with Gasteiger partial charge in [0.15, 0.2) is 5.75 Å². The summed E-state index contributed by atoms with van der Waals surface area (Å²) in [5, 5.41) is 3.89. The van der Waals surface area contributed by atoms with Crippen molar-refractivity contribution in [3.05, 3.63) is 35.7 Å². The van der Waals surface area contributed by atoms with Crippen molar-refractivity contribution in [2.45, 2.75) is 20.3 Å². The summed E-state index contributed by atoms with van der Waals surface area (Å²) < 4.78 is 10.6. The van der Waals surface area contributed by atoms with Gasteiger partial charge < -0.3 is 9.26 Å². The van der Waals surface area contributed by atoms with Gasteiger partial charge in [0.1, 0.15) is 12.1 Å². The van der Waals surface area contributed by atoms with Crippen molar-refractivity contribution in [3.8, 4) is 5.75 Å². The summed E-state index contributed by atoms with van der Waals surface area (Å²) in [5.74, 6) is 1.53. The zero-order valence-corrected chi connectivity index (χ0v) is 9.30. The second kappa shape index (κ2) is 4.74. The van der Waals surface area contributed by atoms with E-state index in [1.807, 2.05) is 13.8 Å². The molecule has 0 atom stereocenters. The van der Waals surface area contributed by atoms with Gasteiger partial charge in [0.05, 0.1) is 24.7 Å². The number of aryl methyl sites for hydroxylation is 2. The average Bonchev–Trinajstić information content (AvgIpc) is 2.62. The van der Waals surface area contributed by atoms with Gasteiger partial charge in [-0.3, -0.25) is 0 Å². The van der Waals surface area contributed by atoms with Crippen molar-refractivity contribution in [1.82, 2.24) is 15.1 Å². The number of hydrogen-bond acceptors (Lipinski definition) is 5. The zero-order chi connectivity index (χ0) is 11.4. The molecule has 5 heteroatoms. The lowest BCUT2D eigenvalue weighted by atomic mass is 10.1. The molecule has 0 unspecified atom stereocenters. The molecule has 16 heavy (non-hydrogen) atoms. The van der Waals surface area contributed by atoms with Gasteiger partial charge in [0.2, 0.25) is 0 Å². The molecule has 0 N–H and O–H groups in total. The van der Waals surface area contributed by atoms with Crippen LogP contribution in [-0.2, 0) is 6.42 Å². The molecule has 0 spiro atoms. The lowest BCUT2D eigenvalue weighted by molar-refractivity contribution is 0.317. The summed E-state index contributed by atoms with van der Waals surface area (Å²) in [6.45, 7) is 4.40. The van der Waals surface area contributed by atoms with E-state index in [-0.39, 0.29) is 0 Å². The van der Waals surface area contributed by atoms with Gasteiger partial charge >= 0.3 is 0 Å². The molecule has 2 aromatic rings. The summed E-state index contributed by atoms with van der Waals surface area (Å²) in [6, 6.07) is 0. The second-order valence-corrected chi connectivity index (χ2v) is 3.48. The molecule has 0 aliphatic carbocycles. The molecule has 0 fully saturated rings. The molecule has 0 saturated carbocycles. The van der Waals surface area contributed by atoms with Crippen LogP contribution in [0.4, 0.5) is 0 Å². The Morgan fingerprint density at radius 1 is 1.25 bits per heavy atom. The van der Waals surface area contributed by atoms with E-state index < -0.39 is 0 Å². The van der Waals surface area contributed by atoms with Gasteiger partial charge in [-0.2, -0.15) is 0 Å². The van der Waals surface area contributed by atoms with Crippen LogP contribution in [0.15, 0.2) is 23.2 Å². The fraction of sp³-hybridized carbons (Fsp3) is 0.364. The van der Waals surface area contributed by atoms with Crippen molar-refractivity contribution in [3.63, 3.8) is 0 Å². The van der Waals surface area contributed by atoms with Crippen molar-refractivity contribution < 1.29 is 9.26 Å². The van der Waals surface area contributed by atoms with E-state index in [2.05, 4.69) is 15.1 Å². The maximum atomic E-state index is 5.49. The van der Waals surface area contributed by atoms with Crippen LogP contribution in [0.2, 0.25) is 0 Å². The van der Waals surface area contributed by atoms with Gasteiger partial charge in [-0.25, -0.2) is 9.97 Å². The highest BCUT2D eigenvalue weighted by Gasteiger charge is 2.08. The quantitative estimate of drug-likeness (QED) is 0.783. The van der Waals surface area contributed by atoms with Gasteiger partial charge in [-0.15, -0.1) is 0 Å². The minimum absolute atomic E-state index is 0.566. The first kappa shape index (κ1) is 10.6. The molecule has 0 aliphatic heterocycles. The predicted molar refractivity (Wildman–Crippen MR) is 57.2 cm³/mol. The molecule has 0 amide bonds. The van der Waals surface area contributed by atoms with E-state index >= 15 is 0 Å². The maximum Gasteiger partial charge on any atom is 0.155 e. The van der Waals surface area contributed by atoms with Crippen LogP contribution < -0.4 is 4.74 Å². The van der Waals surface area contributed by atoms with Crippen LogP contribution >= 0.6 is 0 Å². The maximum absolute atomic E-state index is 5.49. The first-order valence-corrected chi connectivity index (χ1v) is 5.07. The number of hydrogen-bond donors (Lipinski definition) is 0. The summed E-state index contributed by atoms with van der Waals surface area (Å²) in [4.78, 5) is 7.74. The highest BCUT2D eigenvalue weighted by Crippen LogP contribution is 2.13. The van der Waals surface area contributed by atoms with E-state index in [1.54, 1.807) is 12.4 Å². The Kier molecular flexibility index (Phi) is 3.14. The number of rotatable bonds is 4. The van der Waals surface area contributed by atoms with Crippen molar-refractivity contribution >= 4 is 0 Å². The molecule has 2 rings (SSSR count). The summed E-state index contributed by atoms with van der Waals surface area (Å²) >= 11 is 0. The van der Waals surface area contributed by atoms with Crippen molar-refractivity contribution in [2.75, 3.05) is 6.61 Å². The lowest BCUT2D eigenvalue weighted by Crippen LogP contribution is -2.03. The molecule has 0 saturated heterocycles. The summed E-state index contributed by atoms with van der Waals surface area (Å²) in [6.07, 6.45) is 5.53. The Bertz CT molecular complexity index is 434. The number of nitrogens with zero attached hydrogens (tertiary/aromatic N) is 3. The molecule has 0 radical (unpaired) electrons. The van der Waals surface area contributed by atoms with E-state index in [0.29, 0.717) is 12.4 Å². The molecule has 2 aromatic heterocycles. The van der Waals surface area contributed by atoms with Crippen molar-refractivity contribution in [1.29, 1.82) is 0 Å². The molecule has 0 aromatic carbocycles. The number of aromatic nitrogens is 3. The molecule has 84 valence electrons. The van der Waals surface area contributed by atoms with Crippen LogP contribution in [0, 0.1) is 13.8 Å². The minimum Gasteiger partial charge on any atom is -0.490 e. The molecular formula is C11H13N3O2. The predicted octanol–water partition coefficient (Wildman–Crippen LogP) is 1.70. The van der Waals surface area contributed by atoms with Crippen LogP contribution in [0.5, 0.6) is 5.75 Å². The van der Waals surface area contributed by atoms with Crippen LogP contribution in [-0.4, -0.2) is 21.7 Å². The third kappa shape index (κ3) is 2.36. The molecule has 0 aliphatic rings. The number of ether oxygens (including phenoxy) is 1. The Labute approximate surface area is 93.5 Å². The Hall–Kier alpha value is -1.91. The lowest BCUT2D eigenvalue weighted by Gasteiger charge is -2.04. The fourth-order valence-corrected chi connectivity index (χ4v) is 1.49. The van der Waals surface area contributed by atoms with Gasteiger partial charge in [-0.05, 0) is 13.8 Å². The van der Waals surface area contributed by atoms with Gasteiger partial charge in [0, 0.05) is 12.0 Å². The Morgan fingerprint density at radius 3 is 2.62 bits per heavy atom. The Balaban J connectivity index is 1.89. The third-order valence-corrected chi connectivity index (χ3v) is 2.34. The summed E-state index contributed by atoms with van der Waals surface area (Å²) in [5.41, 5.74) is 2.03. The highest BCUT2D eigenvalue weighted by atomic mass is 16.5. The molecule has 0 bridgehead atoms. The molecule has 2 heterocycles. The topological polar surface area (TPSA) is 61.0 Å². The normalized spacial score (nSPS) is 10.4. The van der Waals surface area contributed by atoms with E-state index in [1.165, 1.54) is 6.33 Å². The minimum atomic E-state index is 0.566. The molecule has 5 nitrogen and oxygen atoms in total. The van der Waals surface area contributed by atoms with Crippen molar-refractivity contribution in [2.24, 2.45) is 0 Å². The largest absolute Gasteiger partial charge is 0.490 e. The van der Waals surface area contributed by atoms with Crippen LogP contribution in [0.25, 0.3) is 0 Å². The van der Waals surface area contributed by atoms with E-state index in [0.717, 1.165) is 23.4 Å². The van der Waals surface area contributed by atoms with E-state index in [9.17, 15) is 0 Å². The highest BCUT2D eigenvalue weighted by molar-refractivity contribution is 5.21. The smallest absolute Gasteiger partial charge is 0.155 e. The Morgan fingerprint density at radius 2 is 2.00 bits per heavy atom. The molecular weight excluding hydrogens is 206 g/mol. The van der Waals surface area contributed by atoms with E-state index in [4.69, 9.17) is 9.26 Å². The average molecular weight is 219 g/mol. The monoisotopic (exact) mass is 219 g/mol. The first-order valence-electron chi connectivity index (χ1n) is 5.07. The second-order valence-electron chi connectivity index (χ2n) is 3.48. The van der Waals surface area contributed by atoms with Gasteiger partial charge in [0.25, 0.3) is 0 Å². The zero-order valence-electron chi connectivity index (χ0n) is 9.30. The summed E-state index contributed by atoms with van der Waals surface area (Å²) in [7, 11) is 0. The van der Waals surface area contributed by atoms with Gasteiger partial charge in [-0.1, -0.05) is 5.16 Å².